The van der Waals surface area contributed by atoms with Gasteiger partial charge in [-0.05, 0) is 55.2 Å². The lowest BCUT2D eigenvalue weighted by molar-refractivity contribution is -0.123. The Balaban J connectivity index is 1.81. The predicted octanol–water partition coefficient (Wildman–Crippen LogP) is 4.80. The second-order valence-electron chi connectivity index (χ2n) is 6.33. The minimum absolute atomic E-state index is 0.110. The largest absolute Gasteiger partial charge is 0.352 e. The van der Waals surface area contributed by atoms with Crippen LogP contribution in [-0.2, 0) is 4.79 Å². The summed E-state index contributed by atoms with van der Waals surface area (Å²) < 4.78 is 13.2. The van der Waals surface area contributed by atoms with Gasteiger partial charge in [-0.2, -0.15) is 0 Å². The highest BCUT2D eigenvalue weighted by Crippen LogP contribution is 2.28. The first-order valence-corrected chi connectivity index (χ1v) is 8.96. The van der Waals surface area contributed by atoms with Crippen molar-refractivity contribution in [1.29, 1.82) is 0 Å². The second kappa shape index (κ2) is 7.73. The van der Waals surface area contributed by atoms with Crippen molar-refractivity contribution >= 4 is 29.1 Å². The molecule has 2 unspecified atom stereocenters. The van der Waals surface area contributed by atoms with E-state index in [9.17, 15) is 9.18 Å². The summed E-state index contributed by atoms with van der Waals surface area (Å²) in [6.07, 6.45) is 2.01. The number of hydrogen-bond acceptors (Lipinski definition) is 2. The minimum Gasteiger partial charge on any atom is -0.352 e. The Hall–Kier alpha value is -1.62. The molecule has 0 bridgehead atoms. The normalized spacial score (nSPS) is 16.3. The van der Waals surface area contributed by atoms with Gasteiger partial charge in [-0.1, -0.05) is 41.4 Å². The van der Waals surface area contributed by atoms with E-state index in [1.54, 1.807) is 24.3 Å². The summed E-state index contributed by atoms with van der Waals surface area (Å²) in [5.41, 5.74) is 1.63. The molecule has 0 aliphatic heterocycles. The van der Waals surface area contributed by atoms with E-state index in [4.69, 9.17) is 23.2 Å². The van der Waals surface area contributed by atoms with E-state index in [1.165, 1.54) is 12.1 Å². The molecule has 6 heteroatoms. The smallest absolute Gasteiger partial charge is 0.241 e. The highest BCUT2D eigenvalue weighted by atomic mass is 35.5. The summed E-state index contributed by atoms with van der Waals surface area (Å²) >= 11 is 12.1. The van der Waals surface area contributed by atoms with Gasteiger partial charge in [0, 0.05) is 12.1 Å². The van der Waals surface area contributed by atoms with Crippen LogP contribution < -0.4 is 10.6 Å². The maximum absolute atomic E-state index is 13.2. The molecule has 2 N–H and O–H groups in total. The zero-order valence-electron chi connectivity index (χ0n) is 13.7. The molecule has 1 fully saturated rings. The average Bonchev–Trinajstić information content (AvgIpc) is 3.39. The fourth-order valence-electron chi connectivity index (χ4n) is 2.62. The van der Waals surface area contributed by atoms with E-state index >= 15 is 0 Å². The van der Waals surface area contributed by atoms with E-state index in [-0.39, 0.29) is 23.8 Å². The molecular formula is C19H19Cl2FN2O. The van der Waals surface area contributed by atoms with Crippen LogP contribution in [0.3, 0.4) is 0 Å². The van der Waals surface area contributed by atoms with Gasteiger partial charge < -0.3 is 5.32 Å². The van der Waals surface area contributed by atoms with Gasteiger partial charge in [0.1, 0.15) is 11.9 Å². The number of halogens is 3. The Kier molecular flexibility index (Phi) is 5.62. The summed E-state index contributed by atoms with van der Waals surface area (Å²) in [6, 6.07) is 10.9. The number of nitrogens with one attached hydrogen (secondary N) is 2. The molecule has 0 heterocycles. The number of rotatable bonds is 6. The molecule has 2 atom stereocenters. The first-order chi connectivity index (χ1) is 11.9. The molecule has 2 aromatic rings. The number of amides is 1. The second-order valence-corrected chi connectivity index (χ2v) is 7.14. The summed E-state index contributed by atoms with van der Waals surface area (Å²) in [5.74, 6) is -0.441. The number of carbonyl (C=O) groups excluding carboxylic acids is 1. The third-order valence-corrected chi connectivity index (χ3v) is 4.99. The van der Waals surface area contributed by atoms with Crippen molar-refractivity contribution < 1.29 is 9.18 Å². The SMILES string of the molecule is CC(NC(C(=O)NC1CC1)c1ccc(F)cc1)c1ccc(Cl)c(Cl)c1. The third kappa shape index (κ3) is 4.72. The molecule has 0 saturated heterocycles. The summed E-state index contributed by atoms with van der Waals surface area (Å²) in [5, 5.41) is 7.27. The van der Waals surface area contributed by atoms with Gasteiger partial charge in [0.15, 0.2) is 0 Å². The molecule has 3 nitrogen and oxygen atoms in total. The first-order valence-electron chi connectivity index (χ1n) is 8.21. The molecule has 1 aliphatic carbocycles. The van der Waals surface area contributed by atoms with Gasteiger partial charge >= 0.3 is 0 Å². The minimum atomic E-state index is -0.578. The average molecular weight is 381 g/mol. The standard InChI is InChI=1S/C19H19Cl2FN2O/c1-11(13-4-9-16(20)17(21)10-13)23-18(19(25)24-15-7-8-15)12-2-5-14(22)6-3-12/h2-6,9-11,15,18,23H,7-8H2,1H3,(H,24,25). The summed E-state index contributed by atoms with van der Waals surface area (Å²) in [6.45, 7) is 1.94. The van der Waals surface area contributed by atoms with Gasteiger partial charge in [-0.15, -0.1) is 0 Å². The molecule has 1 amide bonds. The molecule has 1 aliphatic rings. The predicted molar refractivity (Wildman–Crippen MR) is 98.3 cm³/mol. The fourth-order valence-corrected chi connectivity index (χ4v) is 2.93. The van der Waals surface area contributed by atoms with Crippen molar-refractivity contribution in [3.05, 3.63) is 69.5 Å². The zero-order valence-corrected chi connectivity index (χ0v) is 15.2. The molecule has 0 radical (unpaired) electrons. The maximum atomic E-state index is 13.2. The number of benzene rings is 2. The van der Waals surface area contributed by atoms with E-state index in [0.717, 1.165) is 18.4 Å². The van der Waals surface area contributed by atoms with Crippen LogP contribution in [0.1, 0.15) is 43.0 Å². The van der Waals surface area contributed by atoms with Gasteiger partial charge in [0.2, 0.25) is 5.91 Å². The van der Waals surface area contributed by atoms with Crippen molar-refractivity contribution in [3.63, 3.8) is 0 Å². The van der Waals surface area contributed by atoms with Crippen molar-refractivity contribution in [2.45, 2.75) is 37.9 Å². The first kappa shape index (κ1) is 18.2. The number of carbonyl (C=O) groups is 1. The third-order valence-electron chi connectivity index (χ3n) is 4.25. The Labute approximate surface area is 156 Å². The lowest BCUT2D eigenvalue weighted by atomic mass is 10.0. The van der Waals surface area contributed by atoms with Crippen LogP contribution in [0.15, 0.2) is 42.5 Å². The molecular weight excluding hydrogens is 362 g/mol. The van der Waals surface area contributed by atoms with Gasteiger partial charge in [0.05, 0.1) is 10.0 Å². The summed E-state index contributed by atoms with van der Waals surface area (Å²) in [4.78, 5) is 12.7. The van der Waals surface area contributed by atoms with Crippen molar-refractivity contribution in [2.24, 2.45) is 0 Å². The molecule has 2 aromatic carbocycles. The fraction of sp³-hybridized carbons (Fsp3) is 0.316. The van der Waals surface area contributed by atoms with E-state index in [2.05, 4.69) is 10.6 Å². The highest BCUT2D eigenvalue weighted by molar-refractivity contribution is 6.42. The van der Waals surface area contributed by atoms with Crippen LogP contribution in [-0.4, -0.2) is 11.9 Å². The Bertz CT molecular complexity index is 763. The molecule has 0 spiro atoms. The van der Waals surface area contributed by atoms with Crippen molar-refractivity contribution in [3.8, 4) is 0 Å². The molecule has 25 heavy (non-hydrogen) atoms. The monoisotopic (exact) mass is 380 g/mol. The Morgan fingerprint density at radius 1 is 1.08 bits per heavy atom. The Morgan fingerprint density at radius 2 is 1.72 bits per heavy atom. The lowest BCUT2D eigenvalue weighted by Crippen LogP contribution is -2.39. The molecule has 1 saturated carbocycles. The van der Waals surface area contributed by atoms with Gasteiger partial charge in [-0.25, -0.2) is 4.39 Å². The van der Waals surface area contributed by atoms with Crippen LogP contribution in [0, 0.1) is 5.82 Å². The highest BCUT2D eigenvalue weighted by Gasteiger charge is 2.29. The molecule has 3 rings (SSSR count). The topological polar surface area (TPSA) is 41.1 Å². The quantitative estimate of drug-likeness (QED) is 0.755. The zero-order chi connectivity index (χ0) is 18.0. The van der Waals surface area contributed by atoms with E-state index in [1.807, 2.05) is 13.0 Å². The lowest BCUT2D eigenvalue weighted by Gasteiger charge is -2.24. The molecule has 0 aromatic heterocycles. The van der Waals surface area contributed by atoms with E-state index < -0.39 is 6.04 Å². The summed E-state index contributed by atoms with van der Waals surface area (Å²) in [7, 11) is 0. The van der Waals surface area contributed by atoms with Gasteiger partial charge in [0.25, 0.3) is 0 Å². The van der Waals surface area contributed by atoms with Crippen molar-refractivity contribution in [2.75, 3.05) is 0 Å². The van der Waals surface area contributed by atoms with Crippen LogP contribution in [0.25, 0.3) is 0 Å². The van der Waals surface area contributed by atoms with Crippen LogP contribution >= 0.6 is 23.2 Å². The molecule has 132 valence electrons. The van der Waals surface area contributed by atoms with Crippen LogP contribution in [0.4, 0.5) is 4.39 Å². The van der Waals surface area contributed by atoms with Crippen molar-refractivity contribution in [1.82, 2.24) is 10.6 Å². The Morgan fingerprint density at radius 3 is 2.32 bits per heavy atom. The van der Waals surface area contributed by atoms with E-state index in [0.29, 0.717) is 15.6 Å². The van der Waals surface area contributed by atoms with Crippen LogP contribution in [0.2, 0.25) is 10.0 Å². The number of hydrogen-bond donors (Lipinski definition) is 2. The van der Waals surface area contributed by atoms with Gasteiger partial charge in [-0.3, -0.25) is 10.1 Å². The maximum Gasteiger partial charge on any atom is 0.241 e. The van der Waals surface area contributed by atoms with Crippen LogP contribution in [0.5, 0.6) is 0 Å².